The number of rotatable bonds is 6. The average molecular weight is 370 g/mol. The standard InChI is InChI=1S/C19H20ClN5O/c1-3-24-12-16(11-21-24)7-8-19(26)22-18-9-14(2)25(23-18)13-15-5-4-6-17(20)10-15/h4-12H,3,13H2,1-2H3,(H,22,23,26)/b8-7+. The van der Waals surface area contributed by atoms with Crippen LogP contribution in [0, 0.1) is 6.92 Å². The van der Waals surface area contributed by atoms with Gasteiger partial charge < -0.3 is 5.32 Å². The molecule has 134 valence electrons. The molecular weight excluding hydrogens is 350 g/mol. The van der Waals surface area contributed by atoms with Crippen LogP contribution in [0.4, 0.5) is 5.82 Å². The predicted molar refractivity (Wildman–Crippen MR) is 103 cm³/mol. The SMILES string of the molecule is CCn1cc(/C=C/C(=O)Nc2cc(C)n(Cc3cccc(Cl)c3)n2)cn1. The molecule has 7 heteroatoms. The van der Waals surface area contributed by atoms with Gasteiger partial charge in [0.2, 0.25) is 5.91 Å². The summed E-state index contributed by atoms with van der Waals surface area (Å²) in [5.74, 6) is 0.282. The van der Waals surface area contributed by atoms with Crippen molar-refractivity contribution in [3.63, 3.8) is 0 Å². The first-order valence-electron chi connectivity index (χ1n) is 8.34. The lowest BCUT2D eigenvalue weighted by Gasteiger charge is -2.04. The van der Waals surface area contributed by atoms with E-state index in [2.05, 4.69) is 15.5 Å². The van der Waals surface area contributed by atoms with Gasteiger partial charge in [-0.25, -0.2) is 0 Å². The molecule has 2 aromatic heterocycles. The predicted octanol–water partition coefficient (Wildman–Crippen LogP) is 3.76. The van der Waals surface area contributed by atoms with Crippen molar-refractivity contribution in [3.8, 4) is 0 Å². The van der Waals surface area contributed by atoms with E-state index < -0.39 is 0 Å². The normalized spacial score (nSPS) is 11.2. The van der Waals surface area contributed by atoms with E-state index in [1.54, 1.807) is 17.0 Å². The first-order valence-corrected chi connectivity index (χ1v) is 8.71. The zero-order valence-corrected chi connectivity index (χ0v) is 15.4. The smallest absolute Gasteiger partial charge is 0.249 e. The van der Waals surface area contributed by atoms with Crippen molar-refractivity contribution < 1.29 is 4.79 Å². The van der Waals surface area contributed by atoms with Crippen LogP contribution < -0.4 is 5.32 Å². The molecule has 0 saturated carbocycles. The van der Waals surface area contributed by atoms with Crippen LogP contribution in [0.1, 0.15) is 23.7 Å². The molecule has 0 spiro atoms. The fourth-order valence-corrected chi connectivity index (χ4v) is 2.73. The summed E-state index contributed by atoms with van der Waals surface area (Å²) >= 11 is 6.02. The van der Waals surface area contributed by atoms with Crippen molar-refractivity contribution in [2.45, 2.75) is 26.9 Å². The van der Waals surface area contributed by atoms with Crippen molar-refractivity contribution in [1.29, 1.82) is 0 Å². The van der Waals surface area contributed by atoms with Gasteiger partial charge in [0, 0.05) is 41.2 Å². The molecule has 0 unspecified atom stereocenters. The van der Waals surface area contributed by atoms with Gasteiger partial charge in [0.05, 0.1) is 12.7 Å². The third-order valence-electron chi connectivity index (χ3n) is 3.86. The second-order valence-corrected chi connectivity index (χ2v) is 6.35. The molecule has 2 heterocycles. The quantitative estimate of drug-likeness (QED) is 0.673. The van der Waals surface area contributed by atoms with Gasteiger partial charge in [-0.1, -0.05) is 23.7 Å². The third-order valence-corrected chi connectivity index (χ3v) is 4.09. The molecule has 0 fully saturated rings. The van der Waals surface area contributed by atoms with E-state index in [1.165, 1.54) is 6.08 Å². The number of nitrogens with one attached hydrogen (secondary N) is 1. The van der Waals surface area contributed by atoms with Gasteiger partial charge in [-0.15, -0.1) is 0 Å². The topological polar surface area (TPSA) is 64.7 Å². The fraction of sp³-hybridized carbons (Fsp3) is 0.211. The van der Waals surface area contributed by atoms with Crippen molar-refractivity contribution in [2.75, 3.05) is 5.32 Å². The third kappa shape index (κ3) is 4.61. The Morgan fingerprint density at radius 3 is 2.92 bits per heavy atom. The van der Waals surface area contributed by atoms with E-state index in [9.17, 15) is 4.79 Å². The number of hydrogen-bond donors (Lipinski definition) is 1. The summed E-state index contributed by atoms with van der Waals surface area (Å²) in [6, 6.07) is 9.48. The van der Waals surface area contributed by atoms with Crippen LogP contribution in [-0.2, 0) is 17.9 Å². The fourth-order valence-electron chi connectivity index (χ4n) is 2.52. The molecule has 3 rings (SSSR count). The van der Waals surface area contributed by atoms with Crippen LogP contribution >= 0.6 is 11.6 Å². The Hall–Kier alpha value is -2.86. The summed E-state index contributed by atoms with van der Waals surface area (Å²) in [5.41, 5.74) is 2.88. The molecule has 0 radical (unpaired) electrons. The molecule has 6 nitrogen and oxygen atoms in total. The van der Waals surface area contributed by atoms with Crippen molar-refractivity contribution in [2.24, 2.45) is 0 Å². The Bertz CT molecular complexity index is 941. The van der Waals surface area contributed by atoms with Gasteiger partial charge in [0.25, 0.3) is 0 Å². The van der Waals surface area contributed by atoms with E-state index in [-0.39, 0.29) is 5.91 Å². The molecule has 0 saturated heterocycles. The highest BCUT2D eigenvalue weighted by atomic mass is 35.5. The Morgan fingerprint density at radius 2 is 2.19 bits per heavy atom. The molecule has 1 amide bonds. The summed E-state index contributed by atoms with van der Waals surface area (Å²) in [5, 5.41) is 12.1. The van der Waals surface area contributed by atoms with Gasteiger partial charge in [0.1, 0.15) is 0 Å². The number of carbonyl (C=O) groups excluding carboxylic acids is 1. The molecule has 0 atom stereocenters. The van der Waals surface area contributed by atoms with Gasteiger partial charge in [-0.2, -0.15) is 10.2 Å². The molecular formula is C19H20ClN5O. The summed E-state index contributed by atoms with van der Waals surface area (Å²) in [4.78, 5) is 12.1. The molecule has 0 aliphatic carbocycles. The lowest BCUT2D eigenvalue weighted by atomic mass is 10.2. The monoisotopic (exact) mass is 369 g/mol. The highest BCUT2D eigenvalue weighted by Gasteiger charge is 2.07. The van der Waals surface area contributed by atoms with Crippen molar-refractivity contribution in [3.05, 3.63) is 70.6 Å². The minimum absolute atomic E-state index is 0.235. The summed E-state index contributed by atoms with van der Waals surface area (Å²) in [6.07, 6.45) is 6.80. The van der Waals surface area contributed by atoms with Gasteiger partial charge in [0.15, 0.2) is 5.82 Å². The number of hydrogen-bond acceptors (Lipinski definition) is 3. The lowest BCUT2D eigenvalue weighted by Crippen LogP contribution is -2.09. The maximum Gasteiger partial charge on any atom is 0.249 e. The Morgan fingerprint density at radius 1 is 1.35 bits per heavy atom. The zero-order chi connectivity index (χ0) is 18.5. The molecule has 1 N–H and O–H groups in total. The Kier molecular flexibility index (Phi) is 5.53. The van der Waals surface area contributed by atoms with Crippen LogP contribution in [0.15, 0.2) is 48.8 Å². The number of amides is 1. The highest BCUT2D eigenvalue weighted by molar-refractivity contribution is 6.30. The van der Waals surface area contributed by atoms with E-state index >= 15 is 0 Å². The zero-order valence-electron chi connectivity index (χ0n) is 14.7. The molecule has 0 aliphatic heterocycles. The molecule has 3 aromatic rings. The number of aryl methyl sites for hydroxylation is 2. The highest BCUT2D eigenvalue weighted by Crippen LogP contribution is 2.15. The van der Waals surface area contributed by atoms with Crippen LogP contribution in [-0.4, -0.2) is 25.5 Å². The number of anilines is 1. The average Bonchev–Trinajstić information content (AvgIpc) is 3.20. The molecule has 0 aliphatic rings. The first kappa shape index (κ1) is 17.9. The summed E-state index contributed by atoms with van der Waals surface area (Å²) in [7, 11) is 0. The Balaban J connectivity index is 1.64. The number of halogens is 1. The summed E-state index contributed by atoms with van der Waals surface area (Å²) < 4.78 is 3.63. The maximum atomic E-state index is 12.1. The van der Waals surface area contributed by atoms with Crippen LogP contribution in [0.25, 0.3) is 6.08 Å². The first-order chi connectivity index (χ1) is 12.5. The lowest BCUT2D eigenvalue weighted by molar-refractivity contribution is -0.111. The van der Waals surface area contributed by atoms with E-state index in [4.69, 9.17) is 11.6 Å². The van der Waals surface area contributed by atoms with E-state index in [0.29, 0.717) is 17.4 Å². The second kappa shape index (κ2) is 8.01. The van der Waals surface area contributed by atoms with E-state index in [1.807, 2.05) is 55.1 Å². The molecule has 0 bridgehead atoms. The minimum atomic E-state index is -0.235. The summed E-state index contributed by atoms with van der Waals surface area (Å²) in [6.45, 7) is 5.34. The van der Waals surface area contributed by atoms with Crippen LogP contribution in [0.5, 0.6) is 0 Å². The van der Waals surface area contributed by atoms with Gasteiger partial charge in [-0.05, 0) is 37.6 Å². The Labute approximate surface area is 157 Å². The van der Waals surface area contributed by atoms with Crippen molar-refractivity contribution in [1.82, 2.24) is 19.6 Å². The second-order valence-electron chi connectivity index (χ2n) is 5.91. The number of benzene rings is 1. The number of aromatic nitrogens is 4. The molecule has 1 aromatic carbocycles. The van der Waals surface area contributed by atoms with E-state index in [0.717, 1.165) is 23.4 Å². The molecule has 26 heavy (non-hydrogen) atoms. The largest absolute Gasteiger partial charge is 0.306 e. The van der Waals surface area contributed by atoms with Gasteiger partial charge in [-0.3, -0.25) is 14.2 Å². The minimum Gasteiger partial charge on any atom is -0.306 e. The number of nitrogens with zero attached hydrogens (tertiary/aromatic N) is 4. The van der Waals surface area contributed by atoms with Crippen LogP contribution in [0.2, 0.25) is 5.02 Å². The maximum absolute atomic E-state index is 12.1. The van der Waals surface area contributed by atoms with Crippen molar-refractivity contribution >= 4 is 29.4 Å². The van der Waals surface area contributed by atoms with Crippen LogP contribution in [0.3, 0.4) is 0 Å². The van der Waals surface area contributed by atoms with Gasteiger partial charge >= 0.3 is 0 Å². The number of carbonyl (C=O) groups is 1.